The van der Waals surface area contributed by atoms with Crippen LogP contribution in [0, 0.1) is 0 Å². The standard InChI is InChI=1S/C32H29N3O7S3/c1-32(2,3)42-28(37)19-41-25-13-10-22-15-21(6-9-23(22)18-25)16-26-30(38)34-31(44-26)33-24-11-7-20(8-12-24)17-27(36)35-45(39,40)29-5-4-14-43-29/h4-16,18H,17,19H2,1-3H3,(H,35,36)(H,33,34,38). The molecule has 0 saturated carbocycles. The predicted octanol–water partition coefficient (Wildman–Crippen LogP) is 5.75. The zero-order chi connectivity index (χ0) is 32.2. The first-order valence-corrected chi connectivity index (χ1v) is 16.9. The van der Waals surface area contributed by atoms with Crippen molar-refractivity contribution < 1.29 is 32.3 Å². The van der Waals surface area contributed by atoms with Crippen molar-refractivity contribution in [3.63, 3.8) is 0 Å². The highest BCUT2D eigenvalue weighted by molar-refractivity contribution is 8.18. The summed E-state index contributed by atoms with van der Waals surface area (Å²) in [6, 6.07) is 21.1. The predicted molar refractivity (Wildman–Crippen MR) is 177 cm³/mol. The Kier molecular flexibility index (Phi) is 9.42. The molecule has 0 atom stereocenters. The van der Waals surface area contributed by atoms with Crippen molar-refractivity contribution in [1.29, 1.82) is 0 Å². The molecule has 2 amide bonds. The maximum Gasteiger partial charge on any atom is 0.344 e. The number of hydrogen-bond acceptors (Lipinski definition) is 10. The summed E-state index contributed by atoms with van der Waals surface area (Å²) >= 11 is 2.24. The molecule has 1 aromatic heterocycles. The number of esters is 1. The number of nitrogens with zero attached hydrogens (tertiary/aromatic N) is 1. The SMILES string of the molecule is CC(C)(C)OC(=O)COc1ccc2cc(C=C3SC(Nc4ccc(CC(=O)NS(=O)(=O)c5cccs5)cc4)=NC3=O)ccc2c1. The molecule has 2 N–H and O–H groups in total. The molecule has 0 unspecified atom stereocenters. The third-order valence-corrected chi connectivity index (χ3v) is 9.78. The van der Waals surface area contributed by atoms with Crippen LogP contribution >= 0.6 is 23.1 Å². The lowest BCUT2D eigenvalue weighted by Gasteiger charge is -2.19. The summed E-state index contributed by atoms with van der Waals surface area (Å²) in [6.07, 6.45) is 1.65. The minimum Gasteiger partial charge on any atom is -0.482 e. The van der Waals surface area contributed by atoms with Gasteiger partial charge in [0.15, 0.2) is 11.8 Å². The van der Waals surface area contributed by atoms with E-state index in [1.807, 2.05) is 30.3 Å². The van der Waals surface area contributed by atoms with E-state index in [1.165, 1.54) is 17.8 Å². The zero-order valence-electron chi connectivity index (χ0n) is 24.5. The van der Waals surface area contributed by atoms with E-state index in [0.717, 1.165) is 27.7 Å². The number of fused-ring (bicyclic) bond motifs is 1. The van der Waals surface area contributed by atoms with Crippen LogP contribution in [-0.2, 0) is 35.6 Å². The monoisotopic (exact) mass is 663 g/mol. The van der Waals surface area contributed by atoms with Crippen molar-refractivity contribution in [3.8, 4) is 5.75 Å². The van der Waals surface area contributed by atoms with Crippen LogP contribution < -0.4 is 14.8 Å². The van der Waals surface area contributed by atoms with E-state index in [9.17, 15) is 22.8 Å². The Morgan fingerprint density at radius 1 is 0.978 bits per heavy atom. The number of amidine groups is 1. The second-order valence-corrected chi connectivity index (χ2v) is 14.8. The Labute approximate surface area is 268 Å². The highest BCUT2D eigenvalue weighted by atomic mass is 32.2. The molecule has 10 nitrogen and oxygen atoms in total. The van der Waals surface area contributed by atoms with Gasteiger partial charge in [-0.05, 0) is 102 Å². The Hall–Kier alpha value is -4.46. The van der Waals surface area contributed by atoms with E-state index in [2.05, 4.69) is 15.0 Å². The number of ether oxygens (including phenoxy) is 2. The third kappa shape index (κ3) is 8.81. The van der Waals surface area contributed by atoms with Gasteiger partial charge < -0.3 is 14.8 Å². The van der Waals surface area contributed by atoms with E-state index in [1.54, 1.807) is 68.6 Å². The normalized spacial score (nSPS) is 14.3. The van der Waals surface area contributed by atoms with Gasteiger partial charge in [-0.2, -0.15) is 4.99 Å². The van der Waals surface area contributed by atoms with Crippen molar-refractivity contribution in [2.24, 2.45) is 4.99 Å². The molecule has 0 saturated heterocycles. The summed E-state index contributed by atoms with van der Waals surface area (Å²) in [7, 11) is -3.88. The average molecular weight is 664 g/mol. The van der Waals surface area contributed by atoms with E-state index >= 15 is 0 Å². The number of hydrogen-bond donors (Lipinski definition) is 2. The molecular weight excluding hydrogens is 635 g/mol. The molecule has 45 heavy (non-hydrogen) atoms. The lowest BCUT2D eigenvalue weighted by Crippen LogP contribution is -2.31. The Morgan fingerprint density at radius 2 is 1.71 bits per heavy atom. The van der Waals surface area contributed by atoms with Crippen molar-refractivity contribution >= 4 is 78.6 Å². The molecule has 0 spiro atoms. The van der Waals surface area contributed by atoms with Gasteiger partial charge in [-0.3, -0.25) is 9.59 Å². The zero-order valence-corrected chi connectivity index (χ0v) is 27.0. The highest BCUT2D eigenvalue weighted by Gasteiger charge is 2.23. The molecule has 13 heteroatoms. The molecule has 0 radical (unpaired) electrons. The number of nitrogens with one attached hydrogen (secondary N) is 2. The molecule has 0 bridgehead atoms. The second-order valence-electron chi connectivity index (χ2n) is 10.9. The molecule has 232 valence electrons. The van der Waals surface area contributed by atoms with Crippen LogP contribution in [-0.4, -0.2) is 43.6 Å². The minimum absolute atomic E-state index is 0.0753. The summed E-state index contributed by atoms with van der Waals surface area (Å²) in [6.45, 7) is 5.21. The van der Waals surface area contributed by atoms with E-state index in [4.69, 9.17) is 9.47 Å². The van der Waals surface area contributed by atoms with Crippen LogP contribution in [0.2, 0.25) is 0 Å². The Morgan fingerprint density at radius 3 is 2.42 bits per heavy atom. The fourth-order valence-corrected chi connectivity index (χ4v) is 7.03. The van der Waals surface area contributed by atoms with Crippen LogP contribution in [0.1, 0.15) is 31.9 Å². The maximum atomic E-state index is 12.6. The number of carbonyl (C=O) groups is 3. The highest BCUT2D eigenvalue weighted by Crippen LogP contribution is 2.31. The first-order chi connectivity index (χ1) is 21.3. The van der Waals surface area contributed by atoms with E-state index in [-0.39, 0.29) is 23.1 Å². The first-order valence-electron chi connectivity index (χ1n) is 13.7. The summed E-state index contributed by atoms with van der Waals surface area (Å²) in [4.78, 5) is 41.4. The lowest BCUT2D eigenvalue weighted by atomic mass is 10.1. The Balaban J connectivity index is 1.15. The number of thioether (sulfide) groups is 1. The lowest BCUT2D eigenvalue weighted by molar-refractivity contribution is -0.157. The van der Waals surface area contributed by atoms with Gasteiger partial charge in [0.05, 0.1) is 11.3 Å². The molecule has 3 aromatic carbocycles. The maximum absolute atomic E-state index is 12.6. The number of sulfonamides is 1. The van der Waals surface area contributed by atoms with Crippen LogP contribution in [0.15, 0.2) is 92.3 Å². The fourth-order valence-electron chi connectivity index (χ4n) is 4.22. The molecule has 4 aromatic rings. The number of thiophene rings is 1. The third-order valence-electron chi connectivity index (χ3n) is 6.11. The van der Waals surface area contributed by atoms with Crippen LogP contribution in [0.4, 0.5) is 5.69 Å². The van der Waals surface area contributed by atoms with Crippen LogP contribution in [0.3, 0.4) is 0 Å². The van der Waals surface area contributed by atoms with Crippen LogP contribution in [0.5, 0.6) is 5.75 Å². The second kappa shape index (κ2) is 13.3. The van der Waals surface area contributed by atoms with Gasteiger partial charge in [0.25, 0.3) is 15.9 Å². The van der Waals surface area contributed by atoms with E-state index in [0.29, 0.717) is 27.1 Å². The van der Waals surface area contributed by atoms with Crippen LogP contribution in [0.25, 0.3) is 16.8 Å². The molecular formula is C32H29N3O7S3. The summed E-state index contributed by atoms with van der Waals surface area (Å²) in [5.41, 5.74) is 1.51. The molecule has 1 aliphatic rings. The largest absolute Gasteiger partial charge is 0.482 e. The smallest absolute Gasteiger partial charge is 0.344 e. The van der Waals surface area contributed by atoms with Gasteiger partial charge in [-0.15, -0.1) is 11.3 Å². The summed E-state index contributed by atoms with van der Waals surface area (Å²) in [5.74, 6) is -0.904. The summed E-state index contributed by atoms with van der Waals surface area (Å²) < 4.78 is 37.5. The van der Waals surface area contributed by atoms with Gasteiger partial charge in [0, 0.05) is 5.69 Å². The topological polar surface area (TPSA) is 140 Å². The van der Waals surface area contributed by atoms with Gasteiger partial charge in [-0.25, -0.2) is 17.9 Å². The van der Waals surface area contributed by atoms with Gasteiger partial charge in [0.2, 0.25) is 5.91 Å². The van der Waals surface area contributed by atoms with Crippen molar-refractivity contribution in [2.45, 2.75) is 37.0 Å². The van der Waals surface area contributed by atoms with Gasteiger partial charge >= 0.3 is 5.97 Å². The molecule has 1 aliphatic heterocycles. The molecule has 0 aliphatic carbocycles. The quantitative estimate of drug-likeness (QED) is 0.169. The molecule has 2 heterocycles. The number of aliphatic imine (C=N–C) groups is 1. The van der Waals surface area contributed by atoms with E-state index < -0.39 is 27.5 Å². The van der Waals surface area contributed by atoms with Crippen molar-refractivity contribution in [2.75, 3.05) is 11.9 Å². The fraction of sp³-hybridized carbons (Fsp3) is 0.188. The number of amides is 2. The minimum atomic E-state index is -3.88. The average Bonchev–Trinajstić information content (AvgIpc) is 3.63. The summed E-state index contributed by atoms with van der Waals surface area (Å²) in [5, 5.41) is 6.98. The van der Waals surface area contributed by atoms with Crippen molar-refractivity contribution in [1.82, 2.24) is 4.72 Å². The number of anilines is 1. The molecule has 5 rings (SSSR count). The van der Waals surface area contributed by atoms with Gasteiger partial charge in [-0.1, -0.05) is 36.4 Å². The Bertz CT molecular complexity index is 1930. The van der Waals surface area contributed by atoms with Crippen molar-refractivity contribution in [3.05, 3.63) is 94.2 Å². The first kappa shape index (κ1) is 31.9. The van der Waals surface area contributed by atoms with Gasteiger partial charge in [0.1, 0.15) is 15.6 Å². The molecule has 0 fully saturated rings. The number of benzene rings is 3. The number of rotatable bonds is 9. The number of carbonyl (C=O) groups excluding carboxylic acids is 3.